The molecule has 5 rings (SSSR count). The van der Waals surface area contributed by atoms with Crippen LogP contribution in [0.15, 0.2) is 77.8 Å². The maximum absolute atomic E-state index is 13.5. The molecule has 2 heterocycles. The second-order valence-electron chi connectivity index (χ2n) is 9.83. The van der Waals surface area contributed by atoms with Crippen LogP contribution in [0.2, 0.25) is 0 Å². The largest absolute Gasteiger partial charge is 0.370 e. The number of sulfonamides is 1. The van der Waals surface area contributed by atoms with Gasteiger partial charge in [-0.1, -0.05) is 48.5 Å². The van der Waals surface area contributed by atoms with Crippen LogP contribution in [-0.2, 0) is 21.2 Å². The fourth-order valence-corrected chi connectivity index (χ4v) is 6.35. The molecule has 0 bridgehead atoms. The highest BCUT2D eigenvalue weighted by Crippen LogP contribution is 2.22. The molecule has 38 heavy (non-hydrogen) atoms. The van der Waals surface area contributed by atoms with Gasteiger partial charge in [0.15, 0.2) is 5.96 Å². The van der Waals surface area contributed by atoms with Crippen LogP contribution in [0.4, 0.5) is 0 Å². The number of benzene rings is 3. The van der Waals surface area contributed by atoms with Gasteiger partial charge in [-0.2, -0.15) is 4.72 Å². The van der Waals surface area contributed by atoms with E-state index < -0.39 is 16.1 Å². The van der Waals surface area contributed by atoms with Crippen molar-refractivity contribution in [1.29, 1.82) is 5.41 Å². The smallest absolute Gasteiger partial charge is 0.241 e. The quantitative estimate of drug-likeness (QED) is 0.175. The lowest BCUT2D eigenvalue weighted by Gasteiger charge is -2.33. The first-order chi connectivity index (χ1) is 18.3. The van der Waals surface area contributed by atoms with Gasteiger partial charge in [-0.25, -0.2) is 8.42 Å². The zero-order valence-electron chi connectivity index (χ0n) is 21.0. The van der Waals surface area contributed by atoms with Crippen molar-refractivity contribution in [3.05, 3.63) is 78.5 Å². The number of aromatic amines is 1. The number of nitrogens with zero attached hydrogens (tertiary/aromatic N) is 1. The fraction of sp³-hybridized carbons (Fsp3) is 0.286. The molecule has 6 N–H and O–H groups in total. The van der Waals surface area contributed by atoms with Crippen molar-refractivity contribution in [3.63, 3.8) is 0 Å². The number of fused-ring (bicyclic) bond motifs is 2. The van der Waals surface area contributed by atoms with Gasteiger partial charge in [-0.05, 0) is 59.7 Å². The van der Waals surface area contributed by atoms with Gasteiger partial charge in [0.1, 0.15) is 6.04 Å². The van der Waals surface area contributed by atoms with Gasteiger partial charge in [0.2, 0.25) is 15.9 Å². The van der Waals surface area contributed by atoms with Crippen molar-refractivity contribution in [2.75, 3.05) is 19.6 Å². The lowest BCUT2D eigenvalue weighted by Crippen LogP contribution is -2.51. The molecular weight excluding hydrogens is 500 g/mol. The number of piperidine rings is 1. The molecule has 0 aliphatic carbocycles. The molecule has 4 aromatic rings. The van der Waals surface area contributed by atoms with Gasteiger partial charge < -0.3 is 20.9 Å². The van der Waals surface area contributed by atoms with Crippen LogP contribution < -0.4 is 15.8 Å². The van der Waals surface area contributed by atoms with Gasteiger partial charge in [0.25, 0.3) is 0 Å². The number of para-hydroxylation sites is 1. The Balaban J connectivity index is 1.37. The highest BCUT2D eigenvalue weighted by molar-refractivity contribution is 7.89. The zero-order chi connectivity index (χ0) is 26.7. The van der Waals surface area contributed by atoms with E-state index >= 15 is 0 Å². The third-order valence-electron chi connectivity index (χ3n) is 7.17. The maximum Gasteiger partial charge on any atom is 0.241 e. The van der Waals surface area contributed by atoms with Gasteiger partial charge in [0, 0.05) is 36.7 Å². The second-order valence-corrected chi connectivity index (χ2v) is 11.5. The van der Waals surface area contributed by atoms with Gasteiger partial charge in [-0.15, -0.1) is 0 Å². The monoisotopic (exact) mass is 532 g/mol. The van der Waals surface area contributed by atoms with Crippen molar-refractivity contribution in [3.8, 4) is 0 Å². The SMILES string of the molecule is N=C(N)N1CCCC(CNC(=O)[C@H](Cc2c[nH]c3ccccc23)NS(=O)(=O)c2ccc3ccccc3c2)C1. The van der Waals surface area contributed by atoms with Crippen LogP contribution in [0.3, 0.4) is 0 Å². The number of rotatable bonds is 8. The van der Waals surface area contributed by atoms with E-state index in [0.29, 0.717) is 13.1 Å². The number of nitrogens with one attached hydrogen (secondary N) is 4. The Labute approximate surface area is 222 Å². The van der Waals surface area contributed by atoms with E-state index in [9.17, 15) is 13.2 Å². The molecule has 1 aliphatic heterocycles. The predicted octanol–water partition coefficient (Wildman–Crippen LogP) is 2.93. The summed E-state index contributed by atoms with van der Waals surface area (Å²) < 4.78 is 29.6. The van der Waals surface area contributed by atoms with Crippen molar-refractivity contribution in [1.82, 2.24) is 19.9 Å². The summed E-state index contributed by atoms with van der Waals surface area (Å²) in [5, 5.41) is 13.4. The minimum absolute atomic E-state index is 0.0291. The average molecular weight is 533 g/mol. The van der Waals surface area contributed by atoms with Gasteiger partial charge in [-0.3, -0.25) is 10.2 Å². The number of hydrogen-bond donors (Lipinski definition) is 5. The van der Waals surface area contributed by atoms with Crippen LogP contribution >= 0.6 is 0 Å². The summed E-state index contributed by atoms with van der Waals surface area (Å²) in [5.41, 5.74) is 7.43. The van der Waals surface area contributed by atoms with E-state index in [0.717, 1.165) is 46.6 Å². The molecule has 0 spiro atoms. The molecule has 9 nitrogen and oxygen atoms in total. The Kier molecular flexibility index (Phi) is 7.35. The number of carbonyl (C=O) groups is 1. The minimum atomic E-state index is -3.99. The van der Waals surface area contributed by atoms with Crippen molar-refractivity contribution in [2.24, 2.45) is 11.7 Å². The number of likely N-dealkylation sites (tertiary alicyclic amines) is 1. The lowest BCUT2D eigenvalue weighted by atomic mass is 9.98. The Morgan fingerprint density at radius 1 is 1.11 bits per heavy atom. The topological polar surface area (TPSA) is 144 Å². The minimum Gasteiger partial charge on any atom is -0.370 e. The molecule has 2 atom stereocenters. The molecule has 1 amide bonds. The van der Waals surface area contributed by atoms with E-state index in [1.54, 1.807) is 23.1 Å². The van der Waals surface area contributed by atoms with Crippen LogP contribution in [0.1, 0.15) is 18.4 Å². The van der Waals surface area contributed by atoms with Crippen molar-refractivity contribution < 1.29 is 13.2 Å². The molecule has 0 saturated carbocycles. The number of aromatic nitrogens is 1. The normalized spacial score (nSPS) is 16.9. The molecule has 1 aromatic heterocycles. The maximum atomic E-state index is 13.5. The van der Waals surface area contributed by atoms with E-state index in [4.69, 9.17) is 11.1 Å². The molecule has 10 heteroatoms. The van der Waals surface area contributed by atoms with Crippen molar-refractivity contribution in [2.45, 2.75) is 30.2 Å². The lowest BCUT2D eigenvalue weighted by molar-refractivity contribution is -0.122. The van der Waals surface area contributed by atoms with Crippen molar-refractivity contribution >= 4 is 43.6 Å². The van der Waals surface area contributed by atoms with Crippen LogP contribution in [0, 0.1) is 11.3 Å². The molecular formula is C28H32N6O3S. The van der Waals surface area contributed by atoms with E-state index in [-0.39, 0.29) is 29.1 Å². The Hall–Kier alpha value is -3.89. The molecule has 0 radical (unpaired) electrons. The number of carbonyl (C=O) groups excluding carboxylic acids is 1. The number of amides is 1. The van der Waals surface area contributed by atoms with E-state index in [1.165, 1.54) is 0 Å². The highest BCUT2D eigenvalue weighted by atomic mass is 32.2. The predicted molar refractivity (Wildman–Crippen MR) is 149 cm³/mol. The summed E-state index contributed by atoms with van der Waals surface area (Å²) in [6.45, 7) is 1.70. The number of nitrogens with two attached hydrogens (primary N) is 1. The fourth-order valence-electron chi connectivity index (χ4n) is 5.12. The number of hydrogen-bond acceptors (Lipinski definition) is 4. The number of guanidine groups is 1. The molecule has 1 saturated heterocycles. The van der Waals surface area contributed by atoms with Gasteiger partial charge >= 0.3 is 0 Å². The molecule has 198 valence electrons. The summed E-state index contributed by atoms with van der Waals surface area (Å²) in [5.74, 6) is -0.233. The summed E-state index contributed by atoms with van der Waals surface area (Å²) in [6.07, 6.45) is 3.79. The van der Waals surface area contributed by atoms with E-state index in [2.05, 4.69) is 15.0 Å². The Morgan fingerprint density at radius 3 is 2.68 bits per heavy atom. The first kappa shape index (κ1) is 25.7. The first-order valence-electron chi connectivity index (χ1n) is 12.7. The van der Waals surface area contributed by atoms with E-state index in [1.807, 2.05) is 54.7 Å². The molecule has 1 aliphatic rings. The first-order valence-corrected chi connectivity index (χ1v) is 14.2. The Bertz CT molecular complexity index is 1580. The highest BCUT2D eigenvalue weighted by Gasteiger charge is 2.28. The van der Waals surface area contributed by atoms with Crippen LogP contribution in [0.25, 0.3) is 21.7 Å². The average Bonchev–Trinajstić information content (AvgIpc) is 3.34. The zero-order valence-corrected chi connectivity index (χ0v) is 21.8. The van der Waals surface area contributed by atoms with Gasteiger partial charge in [0.05, 0.1) is 4.90 Å². The molecule has 1 unspecified atom stereocenters. The third-order valence-corrected chi connectivity index (χ3v) is 8.64. The Morgan fingerprint density at radius 2 is 1.87 bits per heavy atom. The summed E-state index contributed by atoms with van der Waals surface area (Å²) >= 11 is 0. The van der Waals surface area contributed by atoms with Crippen LogP contribution in [-0.4, -0.2) is 55.8 Å². The molecule has 3 aromatic carbocycles. The summed E-state index contributed by atoms with van der Waals surface area (Å²) in [6, 6.07) is 19.2. The standard InChI is InChI=1S/C28H32N6O3S/c29-28(30)34-13-5-6-19(18-34)16-32-27(35)26(15-22-17-31-25-10-4-3-9-24(22)25)33-38(36,37)23-12-11-20-7-1-2-8-21(20)14-23/h1-4,7-12,14,17,19,26,31,33H,5-6,13,15-16,18H2,(H3,29,30)(H,32,35)/t19?,26-/m0/s1. The summed E-state index contributed by atoms with van der Waals surface area (Å²) in [7, 11) is -3.99. The summed E-state index contributed by atoms with van der Waals surface area (Å²) in [4.78, 5) is 18.6. The van der Waals surface area contributed by atoms with Crippen LogP contribution in [0.5, 0.6) is 0 Å². The third kappa shape index (κ3) is 5.66. The number of H-pyrrole nitrogens is 1. The molecule has 1 fully saturated rings. The second kappa shape index (κ2) is 10.8.